The monoisotopic (exact) mass is 296 g/mol. The fraction of sp³-hybridized carbons (Fsp3) is 0.500. The lowest BCUT2D eigenvalue weighted by molar-refractivity contribution is 0.0696. The Hall–Kier alpha value is 0.360. The quantitative estimate of drug-likeness (QED) is 0.762. The maximum Gasteiger partial charge on any atom is 0.106 e. The summed E-state index contributed by atoms with van der Waals surface area (Å²) in [7, 11) is 0. The van der Waals surface area contributed by atoms with Gasteiger partial charge in [0.15, 0.2) is 0 Å². The molecule has 0 aromatic carbocycles. The van der Waals surface area contributed by atoms with Gasteiger partial charge in [0, 0.05) is 9.81 Å². The molecule has 0 heterocycles. The molecular weight excluding hydrogens is 288 g/mol. The highest BCUT2D eigenvalue weighted by Crippen LogP contribution is 2.27. The Morgan fingerprint density at radius 2 is 2.08 bits per heavy atom. The van der Waals surface area contributed by atoms with Crippen LogP contribution in [0.4, 0.5) is 0 Å². The fourth-order valence-corrected chi connectivity index (χ4v) is 2.12. The third-order valence-corrected chi connectivity index (χ3v) is 2.96. The summed E-state index contributed by atoms with van der Waals surface area (Å²) in [6, 6.07) is 0. The summed E-state index contributed by atoms with van der Waals surface area (Å²) in [6.45, 7) is 0. The van der Waals surface area contributed by atoms with Gasteiger partial charge in [0.1, 0.15) is 12.2 Å². The van der Waals surface area contributed by atoms with Crippen LogP contribution in [0.25, 0.3) is 0 Å². The van der Waals surface area contributed by atoms with Gasteiger partial charge in [-0.3, -0.25) is 0 Å². The van der Waals surface area contributed by atoms with Crippen LogP contribution in [0.3, 0.4) is 0 Å². The smallest absolute Gasteiger partial charge is 0.106 e. The van der Waals surface area contributed by atoms with E-state index in [4.69, 9.17) is 0 Å². The number of allylic oxidation sites excluding steroid dienone is 2. The maximum atomic E-state index is 9.53. The Kier molecular flexibility index (Phi) is 3.96. The number of hydrogen-bond donors (Lipinski definition) is 2. The van der Waals surface area contributed by atoms with E-state index in [2.05, 4.69) is 31.9 Å². The third kappa shape index (κ3) is 2.19. The maximum absolute atomic E-state index is 9.53. The van der Waals surface area contributed by atoms with Gasteiger partial charge in [-0.15, -0.1) is 0 Å². The summed E-state index contributed by atoms with van der Waals surface area (Å²) in [5, 5.41) is 19.6. The molecule has 0 aromatic heterocycles. The van der Waals surface area contributed by atoms with Gasteiger partial charge in [0.25, 0.3) is 0 Å². The lowest BCUT2D eigenvalue weighted by atomic mass is 9.97. The van der Waals surface area contributed by atoms with Crippen molar-refractivity contribution in [3.05, 3.63) is 22.2 Å². The Morgan fingerprint density at radius 3 is 2.67 bits per heavy atom. The summed E-state index contributed by atoms with van der Waals surface area (Å²) in [6.07, 6.45) is 2.56. The van der Waals surface area contributed by atoms with Crippen molar-refractivity contribution in [3.63, 3.8) is 0 Å². The molecule has 0 amide bonds. The van der Waals surface area contributed by atoms with E-state index in [0.717, 1.165) is 21.8 Å². The van der Waals surface area contributed by atoms with Crippen molar-refractivity contribution in [3.8, 4) is 0 Å². The van der Waals surface area contributed by atoms with Gasteiger partial charge >= 0.3 is 0 Å². The lowest BCUT2D eigenvalue weighted by Crippen LogP contribution is -2.28. The molecule has 2 N–H and O–H groups in total. The van der Waals surface area contributed by atoms with E-state index < -0.39 is 12.2 Å². The van der Waals surface area contributed by atoms with Gasteiger partial charge in [0.2, 0.25) is 0 Å². The highest BCUT2D eigenvalue weighted by molar-refractivity contribution is 9.12. The van der Waals surface area contributed by atoms with Crippen molar-refractivity contribution in [2.24, 2.45) is 0 Å². The van der Waals surface area contributed by atoms with Crippen LogP contribution < -0.4 is 0 Å². The van der Waals surface area contributed by atoms with Crippen LogP contribution in [0.1, 0.15) is 6.42 Å². The molecule has 68 valence electrons. The van der Waals surface area contributed by atoms with Gasteiger partial charge in [-0.1, -0.05) is 37.9 Å². The molecule has 1 aliphatic rings. The minimum Gasteiger partial charge on any atom is -0.386 e. The fourth-order valence-electron chi connectivity index (χ4n) is 1.11. The van der Waals surface area contributed by atoms with Gasteiger partial charge < -0.3 is 10.2 Å². The highest BCUT2D eigenvalue weighted by atomic mass is 79.9. The van der Waals surface area contributed by atoms with Crippen molar-refractivity contribution in [1.82, 2.24) is 0 Å². The van der Waals surface area contributed by atoms with Crippen molar-refractivity contribution >= 4 is 31.9 Å². The summed E-state index contributed by atoms with van der Waals surface area (Å²) in [4.78, 5) is 0. The molecular formula is C8H10Br2O2. The van der Waals surface area contributed by atoms with E-state index in [-0.39, 0.29) is 0 Å². The molecule has 12 heavy (non-hydrogen) atoms. The first-order valence-corrected chi connectivity index (χ1v) is 5.57. The van der Waals surface area contributed by atoms with E-state index in [9.17, 15) is 10.2 Å². The minimum atomic E-state index is -0.764. The summed E-state index contributed by atoms with van der Waals surface area (Å²) in [5.74, 6) is 0. The first-order chi connectivity index (χ1) is 5.66. The molecule has 2 atom stereocenters. The molecule has 4 heteroatoms. The number of rotatable bonds is 2. The second-order valence-electron chi connectivity index (χ2n) is 2.61. The standard InChI is InChI=1S/C8H10Br2O2/c9-4-3-5-6(10)1-2-7(11)8(5)12/h1-2,7-8,11-12H,3-4H2. The SMILES string of the molecule is OC1C=CC(Br)=C(CCBr)C1O. The molecule has 1 rings (SSSR count). The molecule has 0 aliphatic heterocycles. The van der Waals surface area contributed by atoms with Crippen LogP contribution in [0.5, 0.6) is 0 Å². The van der Waals surface area contributed by atoms with Gasteiger partial charge in [-0.25, -0.2) is 0 Å². The average Bonchev–Trinajstić information content (AvgIpc) is 2.06. The topological polar surface area (TPSA) is 40.5 Å². The van der Waals surface area contributed by atoms with Crippen LogP contribution in [0.2, 0.25) is 0 Å². The van der Waals surface area contributed by atoms with Crippen molar-refractivity contribution < 1.29 is 10.2 Å². The van der Waals surface area contributed by atoms with Gasteiger partial charge in [-0.2, -0.15) is 0 Å². The second kappa shape index (κ2) is 4.56. The predicted octanol–water partition coefficient (Wildman–Crippen LogP) is 1.71. The highest BCUT2D eigenvalue weighted by Gasteiger charge is 2.23. The van der Waals surface area contributed by atoms with Crippen LogP contribution in [-0.4, -0.2) is 27.8 Å². The van der Waals surface area contributed by atoms with E-state index in [0.29, 0.717) is 0 Å². The zero-order chi connectivity index (χ0) is 9.14. The van der Waals surface area contributed by atoms with E-state index in [1.807, 2.05) is 0 Å². The Labute approximate surface area is 88.2 Å². The number of alkyl halides is 1. The number of hydrogen-bond acceptors (Lipinski definition) is 2. The molecule has 0 radical (unpaired) electrons. The molecule has 0 bridgehead atoms. The molecule has 0 aromatic rings. The first-order valence-electron chi connectivity index (χ1n) is 3.65. The minimum absolute atomic E-state index is 0.739. The average molecular weight is 298 g/mol. The van der Waals surface area contributed by atoms with Crippen LogP contribution in [0, 0.1) is 0 Å². The van der Waals surface area contributed by atoms with Crippen LogP contribution in [-0.2, 0) is 0 Å². The molecule has 0 fully saturated rings. The van der Waals surface area contributed by atoms with Gasteiger partial charge in [0.05, 0.1) is 0 Å². The van der Waals surface area contributed by atoms with Crippen molar-refractivity contribution in [1.29, 1.82) is 0 Å². The molecule has 0 saturated carbocycles. The van der Waals surface area contributed by atoms with E-state index in [1.165, 1.54) is 0 Å². The number of aliphatic hydroxyl groups is 2. The van der Waals surface area contributed by atoms with Gasteiger partial charge in [-0.05, 0) is 18.1 Å². The Bertz CT molecular complexity index is 223. The molecule has 1 aliphatic carbocycles. The van der Waals surface area contributed by atoms with E-state index in [1.54, 1.807) is 12.2 Å². The molecule has 0 spiro atoms. The first kappa shape index (κ1) is 10.4. The van der Waals surface area contributed by atoms with Crippen LogP contribution in [0.15, 0.2) is 22.2 Å². The zero-order valence-corrected chi connectivity index (χ0v) is 9.55. The molecule has 2 unspecified atom stereocenters. The normalized spacial score (nSPS) is 29.7. The third-order valence-electron chi connectivity index (χ3n) is 1.79. The Balaban J connectivity index is 2.82. The summed E-state index contributed by atoms with van der Waals surface area (Å²) >= 11 is 6.61. The molecule has 0 saturated heterocycles. The van der Waals surface area contributed by atoms with Crippen molar-refractivity contribution in [2.45, 2.75) is 18.6 Å². The summed E-state index contributed by atoms with van der Waals surface area (Å²) in [5.41, 5.74) is 0.849. The van der Waals surface area contributed by atoms with Crippen molar-refractivity contribution in [2.75, 3.05) is 5.33 Å². The Morgan fingerprint density at radius 1 is 1.42 bits per heavy atom. The zero-order valence-electron chi connectivity index (χ0n) is 6.37. The van der Waals surface area contributed by atoms with Crippen LogP contribution >= 0.6 is 31.9 Å². The largest absolute Gasteiger partial charge is 0.386 e. The lowest BCUT2D eigenvalue weighted by Gasteiger charge is -2.22. The predicted molar refractivity (Wildman–Crippen MR) is 55.5 cm³/mol. The number of aliphatic hydroxyl groups excluding tert-OH is 2. The number of halogens is 2. The van der Waals surface area contributed by atoms with E-state index >= 15 is 0 Å². The second-order valence-corrected chi connectivity index (χ2v) is 4.25. The molecule has 2 nitrogen and oxygen atoms in total. The summed E-state index contributed by atoms with van der Waals surface area (Å²) < 4.78 is 0.875.